The molecule has 0 rings (SSSR count). The number of carbonyl (C=O) groups excluding carboxylic acids is 2. The molecule has 0 spiro atoms. The smallest absolute Gasteiger partial charge is 0.462 e. The van der Waals surface area contributed by atoms with Crippen molar-refractivity contribution in [3.05, 3.63) is 85.1 Å². The van der Waals surface area contributed by atoms with E-state index in [0.717, 1.165) is 109 Å². The highest BCUT2D eigenvalue weighted by Gasteiger charge is 2.27. The molecule has 9 nitrogen and oxygen atoms in total. The van der Waals surface area contributed by atoms with Crippen molar-refractivity contribution >= 4 is 19.8 Å². The SMILES string of the molecule is CC/C=C\C/C=C\C/C=C\C/C=C\C/C=C\C/C=C\C/C=C\CCCCCCCC(=O)OC(COC(=O)CCCCCCC)COP(=O)(O)OCC[N+](C)(C)C. The summed E-state index contributed by atoms with van der Waals surface area (Å²) in [6, 6.07) is 0. The van der Waals surface area contributed by atoms with Crippen LogP contribution in [0, 0.1) is 0 Å². The first-order chi connectivity index (χ1) is 27.0. The lowest BCUT2D eigenvalue weighted by molar-refractivity contribution is -0.870. The first kappa shape index (κ1) is 53.2. The van der Waals surface area contributed by atoms with Crippen molar-refractivity contribution in [2.24, 2.45) is 0 Å². The van der Waals surface area contributed by atoms with Gasteiger partial charge in [-0.25, -0.2) is 4.57 Å². The summed E-state index contributed by atoms with van der Waals surface area (Å²) >= 11 is 0. The van der Waals surface area contributed by atoms with Crippen LogP contribution in [0.25, 0.3) is 0 Å². The molecule has 0 amide bonds. The van der Waals surface area contributed by atoms with Crippen LogP contribution in [0.1, 0.15) is 142 Å². The molecule has 0 bridgehead atoms. The van der Waals surface area contributed by atoms with Crippen LogP contribution in [0.5, 0.6) is 0 Å². The van der Waals surface area contributed by atoms with E-state index in [1.165, 1.54) is 0 Å². The third-order valence-corrected chi connectivity index (χ3v) is 9.42. The lowest BCUT2D eigenvalue weighted by atomic mass is 10.1. The van der Waals surface area contributed by atoms with Gasteiger partial charge in [0.2, 0.25) is 0 Å². The van der Waals surface area contributed by atoms with Gasteiger partial charge in [0.15, 0.2) is 6.10 Å². The molecule has 0 aromatic heterocycles. The summed E-state index contributed by atoms with van der Waals surface area (Å²) in [7, 11) is 1.44. The number of esters is 2. The highest BCUT2D eigenvalue weighted by atomic mass is 31.2. The largest absolute Gasteiger partial charge is 0.472 e. The molecule has 0 heterocycles. The Hall–Kier alpha value is -2.81. The van der Waals surface area contributed by atoms with E-state index in [2.05, 4.69) is 98.9 Å². The van der Waals surface area contributed by atoms with Gasteiger partial charge >= 0.3 is 19.8 Å². The Balaban J connectivity index is 4.21. The second-order valence-corrected chi connectivity index (χ2v) is 16.5. The fourth-order valence-corrected chi connectivity index (χ4v) is 5.85. The Bertz CT molecular complexity index is 1230. The summed E-state index contributed by atoms with van der Waals surface area (Å²) in [5, 5.41) is 0. The van der Waals surface area contributed by atoms with Gasteiger partial charge in [-0.3, -0.25) is 18.6 Å². The van der Waals surface area contributed by atoms with Gasteiger partial charge in [-0.05, 0) is 70.6 Å². The van der Waals surface area contributed by atoms with E-state index in [4.69, 9.17) is 18.5 Å². The maximum atomic E-state index is 12.6. The minimum Gasteiger partial charge on any atom is -0.462 e. The molecule has 0 aliphatic heterocycles. The van der Waals surface area contributed by atoms with Crippen molar-refractivity contribution in [2.45, 2.75) is 148 Å². The molecule has 0 aromatic rings. The van der Waals surface area contributed by atoms with E-state index in [1.807, 2.05) is 21.1 Å². The molecule has 56 heavy (non-hydrogen) atoms. The fraction of sp³-hybridized carbons (Fsp3) is 0.652. The first-order valence-corrected chi connectivity index (χ1v) is 22.8. The van der Waals surface area contributed by atoms with Crippen molar-refractivity contribution in [3.63, 3.8) is 0 Å². The van der Waals surface area contributed by atoms with E-state index in [-0.39, 0.29) is 26.1 Å². The van der Waals surface area contributed by atoms with Crippen molar-refractivity contribution < 1.29 is 42.1 Å². The number of allylic oxidation sites excluding steroid dienone is 14. The van der Waals surface area contributed by atoms with Crippen LogP contribution in [-0.2, 0) is 32.7 Å². The first-order valence-electron chi connectivity index (χ1n) is 21.3. The summed E-state index contributed by atoms with van der Waals surface area (Å²) in [6.07, 6.45) is 48.2. The molecule has 0 aliphatic carbocycles. The standard InChI is InChI=1S/C46H78NO8P/c1-6-8-10-12-13-14-15-16-17-18-19-20-21-22-23-24-25-26-27-28-29-30-31-32-33-35-37-39-46(49)55-44(42-52-45(48)38-36-34-11-9-7-2)43-54-56(50,51)53-41-40-47(3,4)5/h8,10,13-14,16-17,19-20,22-23,25-26,28-29,44H,6-7,9,11-12,15,18,21,24,27,30-43H2,1-5H3/p+1/b10-8-,14-13-,17-16-,20-19-,23-22-,26-25-,29-28-. The van der Waals surface area contributed by atoms with Crippen LogP contribution in [0.3, 0.4) is 0 Å². The highest BCUT2D eigenvalue weighted by molar-refractivity contribution is 7.47. The molecule has 320 valence electrons. The van der Waals surface area contributed by atoms with Gasteiger partial charge in [0.25, 0.3) is 0 Å². The number of hydrogen-bond donors (Lipinski definition) is 1. The molecular formula is C46H79NO8P+. The van der Waals surface area contributed by atoms with Crippen molar-refractivity contribution in [2.75, 3.05) is 47.5 Å². The van der Waals surface area contributed by atoms with Crippen LogP contribution in [-0.4, -0.2) is 74.9 Å². The average molecular weight is 805 g/mol. The van der Waals surface area contributed by atoms with E-state index < -0.39 is 32.5 Å². The number of ether oxygens (including phenoxy) is 2. The number of nitrogens with zero attached hydrogens (tertiary/aromatic N) is 1. The topological polar surface area (TPSA) is 108 Å². The van der Waals surface area contributed by atoms with Crippen LogP contribution >= 0.6 is 7.82 Å². The highest BCUT2D eigenvalue weighted by Crippen LogP contribution is 2.43. The molecular weight excluding hydrogens is 725 g/mol. The molecule has 0 fully saturated rings. The third kappa shape index (κ3) is 40.8. The number of likely N-dealkylation sites (N-methyl/N-ethyl adjacent to an activating group) is 1. The van der Waals surface area contributed by atoms with Crippen molar-refractivity contribution in [1.29, 1.82) is 0 Å². The van der Waals surface area contributed by atoms with Crippen LogP contribution in [0.2, 0.25) is 0 Å². The summed E-state index contributed by atoms with van der Waals surface area (Å²) in [6.45, 7) is 4.15. The average Bonchev–Trinajstić information content (AvgIpc) is 3.15. The van der Waals surface area contributed by atoms with Gasteiger partial charge in [-0.15, -0.1) is 0 Å². The number of rotatable bonds is 37. The van der Waals surface area contributed by atoms with E-state index in [9.17, 15) is 19.0 Å². The molecule has 0 aromatic carbocycles. The molecule has 2 unspecified atom stereocenters. The minimum absolute atomic E-state index is 0.0232. The fourth-order valence-electron chi connectivity index (χ4n) is 5.11. The number of hydrogen-bond acceptors (Lipinski definition) is 7. The maximum Gasteiger partial charge on any atom is 0.472 e. The number of phosphoric acid groups is 1. The van der Waals surface area contributed by atoms with Crippen LogP contribution in [0.4, 0.5) is 0 Å². The number of unbranched alkanes of at least 4 members (excludes halogenated alkanes) is 9. The van der Waals surface area contributed by atoms with E-state index >= 15 is 0 Å². The Morgan fingerprint density at radius 3 is 1.52 bits per heavy atom. The molecule has 2 atom stereocenters. The Labute approximate surface area is 341 Å². The van der Waals surface area contributed by atoms with Gasteiger partial charge in [-0.1, -0.05) is 144 Å². The molecule has 1 N–H and O–H groups in total. The lowest BCUT2D eigenvalue weighted by Gasteiger charge is -2.24. The van der Waals surface area contributed by atoms with Crippen LogP contribution < -0.4 is 0 Å². The molecule has 10 heteroatoms. The monoisotopic (exact) mass is 805 g/mol. The predicted octanol–water partition coefficient (Wildman–Crippen LogP) is 12.0. The molecule has 0 radical (unpaired) electrons. The predicted molar refractivity (Wildman–Crippen MR) is 233 cm³/mol. The normalized spacial score (nSPS) is 14.5. The Kier molecular flexibility index (Phi) is 35.9. The van der Waals surface area contributed by atoms with Crippen molar-refractivity contribution in [3.8, 4) is 0 Å². The second kappa shape index (κ2) is 37.7. The Morgan fingerprint density at radius 1 is 0.571 bits per heavy atom. The zero-order chi connectivity index (χ0) is 41.4. The minimum atomic E-state index is -4.37. The third-order valence-electron chi connectivity index (χ3n) is 8.44. The Morgan fingerprint density at radius 2 is 1.02 bits per heavy atom. The molecule has 0 saturated heterocycles. The van der Waals surface area contributed by atoms with Gasteiger partial charge in [0, 0.05) is 12.8 Å². The van der Waals surface area contributed by atoms with Crippen LogP contribution in [0.15, 0.2) is 85.1 Å². The second-order valence-electron chi connectivity index (χ2n) is 15.0. The van der Waals surface area contributed by atoms with Gasteiger partial charge in [-0.2, -0.15) is 0 Å². The molecule has 0 aliphatic rings. The molecule has 0 saturated carbocycles. The number of phosphoric ester groups is 1. The van der Waals surface area contributed by atoms with E-state index in [0.29, 0.717) is 17.4 Å². The zero-order valence-corrected chi connectivity index (χ0v) is 36.7. The van der Waals surface area contributed by atoms with Gasteiger partial charge in [0.05, 0.1) is 27.7 Å². The lowest BCUT2D eigenvalue weighted by Crippen LogP contribution is -2.37. The summed E-state index contributed by atoms with van der Waals surface area (Å²) in [4.78, 5) is 35.0. The number of quaternary nitrogens is 1. The summed E-state index contributed by atoms with van der Waals surface area (Å²) < 4.78 is 34.0. The van der Waals surface area contributed by atoms with E-state index in [1.54, 1.807) is 0 Å². The summed E-state index contributed by atoms with van der Waals surface area (Å²) in [5.74, 6) is -0.845. The number of carbonyl (C=O) groups is 2. The zero-order valence-electron chi connectivity index (χ0n) is 35.8. The van der Waals surface area contributed by atoms with Crippen molar-refractivity contribution in [1.82, 2.24) is 0 Å². The quantitative estimate of drug-likeness (QED) is 0.0217. The van der Waals surface area contributed by atoms with Gasteiger partial charge in [0.1, 0.15) is 19.8 Å². The maximum absolute atomic E-state index is 12.6. The van der Waals surface area contributed by atoms with Gasteiger partial charge < -0.3 is 18.9 Å². The summed E-state index contributed by atoms with van der Waals surface area (Å²) in [5.41, 5.74) is 0.